The lowest BCUT2D eigenvalue weighted by Gasteiger charge is -2.36. The van der Waals surface area contributed by atoms with E-state index < -0.39 is 6.10 Å². The Morgan fingerprint density at radius 3 is 2.56 bits per heavy atom. The van der Waals surface area contributed by atoms with E-state index in [2.05, 4.69) is 30.4 Å². The van der Waals surface area contributed by atoms with E-state index in [1.165, 1.54) is 0 Å². The number of piperazine rings is 1. The van der Waals surface area contributed by atoms with E-state index in [-0.39, 0.29) is 11.8 Å². The molecule has 34 heavy (non-hydrogen) atoms. The fourth-order valence-electron chi connectivity index (χ4n) is 4.05. The standard InChI is InChI=1S/C23H28N6O3.C2H6/c1-2-20-22(31)27-19-11-15(12-25-23(19)32-20)14-28-7-9-29(10-8-28)17-5-6-18(24-13-17)21(30)26-16-3-4-16;1-2/h5-6,11-13,16,20H,2-4,7-10,14H2,1H3,(H,26,30)(H,27,31);1-2H3. The third kappa shape index (κ3) is 5.64. The number of rotatable bonds is 6. The summed E-state index contributed by atoms with van der Waals surface area (Å²) in [5, 5.41) is 5.87. The van der Waals surface area contributed by atoms with Crippen LogP contribution in [0.25, 0.3) is 0 Å². The third-order valence-electron chi connectivity index (χ3n) is 6.12. The molecule has 0 aromatic carbocycles. The van der Waals surface area contributed by atoms with Crippen LogP contribution in [0.1, 0.15) is 56.1 Å². The second kappa shape index (κ2) is 10.8. The molecule has 182 valence electrons. The number of ether oxygens (including phenoxy) is 1. The van der Waals surface area contributed by atoms with E-state index in [1.54, 1.807) is 12.3 Å². The molecule has 3 aliphatic rings. The van der Waals surface area contributed by atoms with E-state index in [4.69, 9.17) is 4.74 Å². The van der Waals surface area contributed by atoms with Crippen molar-refractivity contribution >= 4 is 23.2 Å². The smallest absolute Gasteiger partial charge is 0.270 e. The first kappa shape index (κ1) is 23.9. The van der Waals surface area contributed by atoms with Crippen LogP contribution in [0, 0.1) is 0 Å². The van der Waals surface area contributed by atoms with Crippen molar-refractivity contribution in [3.8, 4) is 5.88 Å². The largest absolute Gasteiger partial charge is 0.463 e. The van der Waals surface area contributed by atoms with Gasteiger partial charge in [-0.05, 0) is 43.0 Å². The van der Waals surface area contributed by atoms with Crippen LogP contribution in [-0.2, 0) is 11.3 Å². The Morgan fingerprint density at radius 2 is 1.91 bits per heavy atom. The third-order valence-corrected chi connectivity index (χ3v) is 6.12. The highest BCUT2D eigenvalue weighted by Gasteiger charge is 2.28. The fourth-order valence-corrected chi connectivity index (χ4v) is 4.05. The number of pyridine rings is 2. The normalized spacial score (nSPS) is 19.8. The van der Waals surface area contributed by atoms with Crippen LogP contribution in [0.15, 0.2) is 30.6 Å². The van der Waals surface area contributed by atoms with Crippen molar-refractivity contribution in [2.75, 3.05) is 36.4 Å². The molecule has 2 fully saturated rings. The van der Waals surface area contributed by atoms with Gasteiger partial charge >= 0.3 is 0 Å². The minimum absolute atomic E-state index is 0.0886. The maximum atomic E-state index is 12.1. The fraction of sp³-hybridized carbons (Fsp3) is 0.520. The zero-order valence-corrected chi connectivity index (χ0v) is 20.2. The van der Waals surface area contributed by atoms with Crippen LogP contribution in [0.2, 0.25) is 0 Å². The minimum atomic E-state index is -0.468. The van der Waals surface area contributed by atoms with Crippen molar-refractivity contribution in [1.29, 1.82) is 0 Å². The monoisotopic (exact) mass is 466 g/mol. The van der Waals surface area contributed by atoms with Crippen LogP contribution in [-0.4, -0.2) is 65.0 Å². The molecule has 1 atom stereocenters. The average Bonchev–Trinajstić information content (AvgIpc) is 3.69. The molecule has 9 nitrogen and oxygen atoms in total. The van der Waals surface area contributed by atoms with E-state index in [9.17, 15) is 9.59 Å². The van der Waals surface area contributed by atoms with Gasteiger partial charge in [0, 0.05) is 45.0 Å². The molecule has 9 heteroatoms. The van der Waals surface area contributed by atoms with Crippen molar-refractivity contribution in [3.63, 3.8) is 0 Å². The van der Waals surface area contributed by atoms with Crippen molar-refractivity contribution in [2.24, 2.45) is 0 Å². The van der Waals surface area contributed by atoms with Gasteiger partial charge in [-0.3, -0.25) is 14.5 Å². The Labute approximate surface area is 200 Å². The lowest BCUT2D eigenvalue weighted by atomic mass is 10.1. The van der Waals surface area contributed by atoms with E-state index in [0.29, 0.717) is 29.7 Å². The zero-order chi connectivity index (χ0) is 24.1. The number of fused-ring (bicyclic) bond motifs is 1. The molecule has 2 aromatic heterocycles. The number of anilines is 2. The Kier molecular flexibility index (Phi) is 7.62. The van der Waals surface area contributed by atoms with Crippen molar-refractivity contribution in [3.05, 3.63) is 41.9 Å². The topological polar surface area (TPSA) is 99.7 Å². The van der Waals surface area contributed by atoms with Crippen LogP contribution < -0.4 is 20.3 Å². The van der Waals surface area contributed by atoms with Gasteiger partial charge in [0.05, 0.1) is 11.9 Å². The quantitative estimate of drug-likeness (QED) is 0.675. The Bertz CT molecular complexity index is 1000. The first-order valence-electron chi connectivity index (χ1n) is 12.3. The highest BCUT2D eigenvalue weighted by Crippen LogP contribution is 2.29. The average molecular weight is 467 g/mol. The van der Waals surface area contributed by atoms with Crippen molar-refractivity contribution in [2.45, 2.75) is 58.7 Å². The number of nitrogens with one attached hydrogen (secondary N) is 2. The molecule has 0 radical (unpaired) electrons. The lowest BCUT2D eigenvalue weighted by molar-refractivity contribution is -0.123. The first-order chi connectivity index (χ1) is 16.6. The SMILES string of the molecule is CC.CCC1Oc2ncc(CN3CCN(c4ccc(C(=O)NC5CC5)nc4)CC3)cc2NC1=O. The number of hydrogen-bond acceptors (Lipinski definition) is 7. The van der Waals surface area contributed by atoms with E-state index in [0.717, 1.165) is 56.8 Å². The van der Waals surface area contributed by atoms with Gasteiger partial charge in [-0.25, -0.2) is 9.97 Å². The molecule has 1 saturated heterocycles. The molecule has 2 N–H and O–H groups in total. The Balaban J connectivity index is 0.00000133. The molecular weight excluding hydrogens is 432 g/mol. The molecule has 1 aliphatic carbocycles. The predicted molar refractivity (Wildman–Crippen MR) is 131 cm³/mol. The molecule has 0 bridgehead atoms. The summed E-state index contributed by atoms with van der Waals surface area (Å²) in [5.74, 6) is 0.290. The summed E-state index contributed by atoms with van der Waals surface area (Å²) >= 11 is 0. The molecule has 0 spiro atoms. The van der Waals surface area contributed by atoms with Crippen LogP contribution in [0.3, 0.4) is 0 Å². The van der Waals surface area contributed by atoms with Crippen molar-refractivity contribution < 1.29 is 14.3 Å². The van der Waals surface area contributed by atoms with E-state index in [1.807, 2.05) is 39.1 Å². The summed E-state index contributed by atoms with van der Waals surface area (Å²) < 4.78 is 5.67. The number of carbonyl (C=O) groups is 2. The minimum Gasteiger partial charge on any atom is -0.463 e. The number of amides is 2. The molecule has 2 aromatic rings. The summed E-state index contributed by atoms with van der Waals surface area (Å²) in [7, 11) is 0. The second-order valence-corrected chi connectivity index (χ2v) is 8.61. The maximum Gasteiger partial charge on any atom is 0.270 e. The van der Waals surface area contributed by atoms with Gasteiger partial charge in [-0.1, -0.05) is 20.8 Å². The molecule has 1 saturated carbocycles. The molecule has 2 amide bonds. The van der Waals surface area contributed by atoms with Gasteiger partial charge in [0.1, 0.15) is 11.4 Å². The maximum absolute atomic E-state index is 12.1. The highest BCUT2D eigenvalue weighted by molar-refractivity contribution is 5.97. The molecule has 1 unspecified atom stereocenters. The summed E-state index contributed by atoms with van der Waals surface area (Å²) in [4.78, 5) is 37.6. The summed E-state index contributed by atoms with van der Waals surface area (Å²) in [6.07, 6.45) is 5.90. The second-order valence-electron chi connectivity index (χ2n) is 8.61. The van der Waals surface area contributed by atoms with Gasteiger partial charge in [0.25, 0.3) is 11.8 Å². The summed E-state index contributed by atoms with van der Waals surface area (Å²) in [5.41, 5.74) is 3.20. The summed E-state index contributed by atoms with van der Waals surface area (Å²) in [6.45, 7) is 10.3. The van der Waals surface area contributed by atoms with Gasteiger partial charge in [0.2, 0.25) is 5.88 Å². The number of aromatic nitrogens is 2. The van der Waals surface area contributed by atoms with Crippen LogP contribution in [0.5, 0.6) is 5.88 Å². The van der Waals surface area contributed by atoms with Gasteiger partial charge in [0.15, 0.2) is 6.10 Å². The number of hydrogen-bond donors (Lipinski definition) is 2. The molecule has 2 aliphatic heterocycles. The number of nitrogens with zero attached hydrogens (tertiary/aromatic N) is 4. The lowest BCUT2D eigenvalue weighted by Crippen LogP contribution is -2.46. The Hall–Kier alpha value is -3.20. The highest BCUT2D eigenvalue weighted by atomic mass is 16.5. The predicted octanol–water partition coefficient (Wildman–Crippen LogP) is 2.83. The Morgan fingerprint density at radius 1 is 1.15 bits per heavy atom. The zero-order valence-electron chi connectivity index (χ0n) is 20.2. The first-order valence-corrected chi connectivity index (χ1v) is 12.3. The van der Waals surface area contributed by atoms with Gasteiger partial charge in [-0.2, -0.15) is 0 Å². The van der Waals surface area contributed by atoms with Gasteiger partial charge in [-0.15, -0.1) is 0 Å². The number of carbonyl (C=O) groups excluding carboxylic acids is 2. The van der Waals surface area contributed by atoms with E-state index >= 15 is 0 Å². The van der Waals surface area contributed by atoms with Gasteiger partial charge < -0.3 is 20.3 Å². The van der Waals surface area contributed by atoms with Crippen molar-refractivity contribution in [1.82, 2.24) is 20.2 Å². The van der Waals surface area contributed by atoms with Crippen LogP contribution >= 0.6 is 0 Å². The van der Waals surface area contributed by atoms with Crippen LogP contribution in [0.4, 0.5) is 11.4 Å². The molecule has 5 rings (SSSR count). The molecule has 4 heterocycles. The summed E-state index contributed by atoms with van der Waals surface area (Å²) in [6, 6.07) is 6.06. The molecular formula is C25H34N6O3.